The minimum Gasteiger partial charge on any atom is -0.309 e. The second-order valence-electron chi connectivity index (χ2n) is 6.58. The van der Waals surface area contributed by atoms with Crippen molar-refractivity contribution in [3.8, 4) is 0 Å². The van der Waals surface area contributed by atoms with E-state index in [-0.39, 0.29) is 0 Å². The van der Waals surface area contributed by atoms with E-state index in [4.69, 9.17) is 0 Å². The van der Waals surface area contributed by atoms with E-state index in [0.29, 0.717) is 18.1 Å². The van der Waals surface area contributed by atoms with Gasteiger partial charge in [0, 0.05) is 12.0 Å². The molecule has 1 aliphatic rings. The molecule has 0 aromatic heterocycles. The van der Waals surface area contributed by atoms with Gasteiger partial charge in [-0.05, 0) is 65.1 Å². The highest BCUT2D eigenvalue weighted by Crippen LogP contribution is 2.30. The van der Waals surface area contributed by atoms with Crippen LogP contribution in [-0.4, -0.2) is 56.4 Å². The number of allylic oxidation sites excluding steroid dienone is 2. The zero-order chi connectivity index (χ0) is 15.9. The number of hydrogen-bond acceptors (Lipinski definition) is 3. The SMILES string of the molecule is CN(C)CCCN(C)CCC1C=C(c2ccccc2)C(=O)C1. The standard InChI is InChI=1S/C19H28N2O/c1-20(2)11-7-12-21(3)13-10-16-14-18(19(22)15-16)17-8-5-4-6-9-17/h4-6,8-9,14,16H,7,10-13,15H2,1-3H3. The van der Waals surface area contributed by atoms with Crippen LogP contribution in [0.25, 0.3) is 5.57 Å². The van der Waals surface area contributed by atoms with E-state index in [1.54, 1.807) is 0 Å². The normalized spacial score (nSPS) is 18.3. The van der Waals surface area contributed by atoms with Gasteiger partial charge in [0.25, 0.3) is 0 Å². The lowest BCUT2D eigenvalue weighted by Gasteiger charge is -2.19. The number of ketones is 1. The highest BCUT2D eigenvalue weighted by molar-refractivity contribution is 6.22. The van der Waals surface area contributed by atoms with E-state index in [1.807, 2.05) is 30.3 Å². The number of Topliss-reactive ketones (excluding diaryl/α,β-unsaturated/α-hetero) is 1. The summed E-state index contributed by atoms with van der Waals surface area (Å²) in [6, 6.07) is 10.0. The summed E-state index contributed by atoms with van der Waals surface area (Å²) in [5.74, 6) is 0.700. The molecule has 1 aliphatic carbocycles. The minimum atomic E-state index is 0.298. The molecule has 0 radical (unpaired) electrons. The summed E-state index contributed by atoms with van der Waals surface area (Å²) in [7, 11) is 6.40. The number of nitrogens with zero attached hydrogens (tertiary/aromatic N) is 2. The van der Waals surface area contributed by atoms with Gasteiger partial charge in [-0.25, -0.2) is 0 Å². The molecule has 0 aliphatic heterocycles. The molecule has 2 rings (SSSR count). The minimum absolute atomic E-state index is 0.298. The molecule has 0 saturated carbocycles. The van der Waals surface area contributed by atoms with Crippen LogP contribution in [0.15, 0.2) is 36.4 Å². The molecule has 1 unspecified atom stereocenters. The predicted molar refractivity (Wildman–Crippen MR) is 92.8 cm³/mol. The Labute approximate surface area is 134 Å². The molecule has 22 heavy (non-hydrogen) atoms. The third-order valence-corrected chi connectivity index (χ3v) is 4.26. The van der Waals surface area contributed by atoms with Crippen LogP contribution in [0.5, 0.6) is 0 Å². The highest BCUT2D eigenvalue weighted by Gasteiger charge is 2.24. The van der Waals surface area contributed by atoms with Crippen molar-refractivity contribution in [1.82, 2.24) is 9.80 Å². The van der Waals surface area contributed by atoms with Crippen molar-refractivity contribution in [1.29, 1.82) is 0 Å². The van der Waals surface area contributed by atoms with Crippen LogP contribution in [0.3, 0.4) is 0 Å². The van der Waals surface area contributed by atoms with Crippen LogP contribution in [0, 0.1) is 5.92 Å². The summed E-state index contributed by atoms with van der Waals surface area (Å²) in [4.78, 5) is 16.8. The van der Waals surface area contributed by atoms with E-state index < -0.39 is 0 Å². The zero-order valence-corrected chi connectivity index (χ0v) is 14.1. The molecule has 0 N–H and O–H groups in total. The predicted octanol–water partition coefficient (Wildman–Crippen LogP) is 2.93. The van der Waals surface area contributed by atoms with Crippen LogP contribution >= 0.6 is 0 Å². The van der Waals surface area contributed by atoms with Crippen LogP contribution in [0.4, 0.5) is 0 Å². The molecule has 3 heteroatoms. The Hall–Kier alpha value is -1.45. The van der Waals surface area contributed by atoms with Gasteiger partial charge in [-0.15, -0.1) is 0 Å². The fourth-order valence-corrected chi connectivity index (χ4v) is 2.95. The summed E-state index contributed by atoms with van der Waals surface area (Å²) in [6.07, 6.45) is 5.12. The lowest BCUT2D eigenvalue weighted by molar-refractivity contribution is -0.113. The molecular formula is C19H28N2O. The molecule has 1 atom stereocenters. The maximum Gasteiger partial charge on any atom is 0.163 e. The maximum atomic E-state index is 12.2. The van der Waals surface area contributed by atoms with Gasteiger partial charge < -0.3 is 9.80 Å². The van der Waals surface area contributed by atoms with Crippen molar-refractivity contribution in [3.63, 3.8) is 0 Å². The molecule has 0 bridgehead atoms. The molecule has 0 spiro atoms. The average Bonchev–Trinajstić information content (AvgIpc) is 2.87. The molecule has 0 saturated heterocycles. The Morgan fingerprint density at radius 1 is 1.05 bits per heavy atom. The average molecular weight is 300 g/mol. The first-order chi connectivity index (χ1) is 10.6. The number of rotatable bonds is 8. The van der Waals surface area contributed by atoms with Crippen molar-refractivity contribution >= 4 is 11.4 Å². The molecule has 120 valence electrons. The highest BCUT2D eigenvalue weighted by atomic mass is 16.1. The number of benzene rings is 1. The first-order valence-electron chi connectivity index (χ1n) is 8.20. The van der Waals surface area contributed by atoms with Gasteiger partial charge in [-0.2, -0.15) is 0 Å². The summed E-state index contributed by atoms with van der Waals surface area (Å²) >= 11 is 0. The van der Waals surface area contributed by atoms with Gasteiger partial charge in [0.15, 0.2) is 5.78 Å². The largest absolute Gasteiger partial charge is 0.309 e. The molecule has 0 fully saturated rings. The third kappa shape index (κ3) is 5.08. The smallest absolute Gasteiger partial charge is 0.163 e. The lowest BCUT2D eigenvalue weighted by atomic mass is 10.0. The zero-order valence-electron chi connectivity index (χ0n) is 14.1. The molecule has 3 nitrogen and oxygen atoms in total. The Morgan fingerprint density at radius 3 is 2.45 bits per heavy atom. The Morgan fingerprint density at radius 2 is 1.77 bits per heavy atom. The Kier molecular flexibility index (Phi) is 6.34. The number of carbonyl (C=O) groups is 1. The second-order valence-corrected chi connectivity index (χ2v) is 6.58. The van der Waals surface area contributed by atoms with Gasteiger partial charge in [0.1, 0.15) is 0 Å². The Bertz CT molecular complexity index is 507. The number of hydrogen-bond donors (Lipinski definition) is 0. The Balaban J connectivity index is 1.80. The van der Waals surface area contributed by atoms with Gasteiger partial charge >= 0.3 is 0 Å². The summed E-state index contributed by atoms with van der Waals surface area (Å²) in [5.41, 5.74) is 1.98. The van der Waals surface area contributed by atoms with Crippen molar-refractivity contribution in [2.75, 3.05) is 40.8 Å². The van der Waals surface area contributed by atoms with Crippen molar-refractivity contribution in [2.45, 2.75) is 19.3 Å². The fraction of sp³-hybridized carbons (Fsp3) is 0.526. The lowest BCUT2D eigenvalue weighted by Crippen LogP contribution is -2.25. The van der Waals surface area contributed by atoms with Crippen molar-refractivity contribution in [3.05, 3.63) is 42.0 Å². The molecule has 1 aromatic rings. The van der Waals surface area contributed by atoms with Gasteiger partial charge in [0.05, 0.1) is 0 Å². The fourth-order valence-electron chi connectivity index (χ4n) is 2.95. The summed E-state index contributed by atoms with van der Waals surface area (Å²) < 4.78 is 0. The first-order valence-corrected chi connectivity index (χ1v) is 8.20. The van der Waals surface area contributed by atoms with Crippen LogP contribution in [0.1, 0.15) is 24.8 Å². The molecular weight excluding hydrogens is 272 g/mol. The summed E-state index contributed by atoms with van der Waals surface area (Å²) in [5, 5.41) is 0. The molecule has 1 aromatic carbocycles. The van der Waals surface area contributed by atoms with E-state index in [9.17, 15) is 4.79 Å². The molecule has 0 amide bonds. The van der Waals surface area contributed by atoms with Crippen LogP contribution in [0.2, 0.25) is 0 Å². The second kappa shape index (κ2) is 8.25. The maximum absolute atomic E-state index is 12.2. The number of carbonyl (C=O) groups excluding carboxylic acids is 1. The first kappa shape index (κ1) is 16.9. The van der Waals surface area contributed by atoms with Gasteiger partial charge in [-0.1, -0.05) is 36.4 Å². The van der Waals surface area contributed by atoms with Crippen molar-refractivity contribution < 1.29 is 4.79 Å². The van der Waals surface area contributed by atoms with Gasteiger partial charge in [-0.3, -0.25) is 4.79 Å². The summed E-state index contributed by atoms with van der Waals surface area (Å²) in [6.45, 7) is 3.31. The third-order valence-electron chi connectivity index (χ3n) is 4.26. The quantitative estimate of drug-likeness (QED) is 0.737. The van der Waals surface area contributed by atoms with E-state index >= 15 is 0 Å². The van der Waals surface area contributed by atoms with Crippen molar-refractivity contribution in [2.24, 2.45) is 5.92 Å². The molecule has 0 heterocycles. The van der Waals surface area contributed by atoms with E-state index in [2.05, 4.69) is 37.0 Å². The monoisotopic (exact) mass is 300 g/mol. The topological polar surface area (TPSA) is 23.6 Å². The van der Waals surface area contributed by atoms with Gasteiger partial charge in [0.2, 0.25) is 0 Å². The van der Waals surface area contributed by atoms with E-state index in [1.165, 1.54) is 6.42 Å². The van der Waals surface area contributed by atoms with Crippen LogP contribution < -0.4 is 0 Å². The van der Waals surface area contributed by atoms with Crippen LogP contribution in [-0.2, 0) is 4.79 Å². The van der Waals surface area contributed by atoms with E-state index in [0.717, 1.165) is 37.2 Å².